The molecule has 0 aromatic carbocycles. The van der Waals surface area contributed by atoms with Gasteiger partial charge in [-0.25, -0.2) is 17.9 Å². The molecule has 1 saturated heterocycles. The van der Waals surface area contributed by atoms with E-state index in [1.807, 2.05) is 0 Å². The van der Waals surface area contributed by atoms with Crippen LogP contribution in [-0.4, -0.2) is 42.9 Å². The van der Waals surface area contributed by atoms with Gasteiger partial charge in [0.05, 0.1) is 23.1 Å². The predicted molar refractivity (Wildman–Crippen MR) is 70.8 cm³/mol. The van der Waals surface area contributed by atoms with Crippen LogP contribution in [0, 0.1) is 0 Å². The van der Waals surface area contributed by atoms with Gasteiger partial charge in [0.1, 0.15) is 0 Å². The summed E-state index contributed by atoms with van der Waals surface area (Å²) in [6, 6.07) is 2.72. The summed E-state index contributed by atoms with van der Waals surface area (Å²) in [4.78, 5) is 14.8. The summed E-state index contributed by atoms with van der Waals surface area (Å²) < 4.78 is 31.7. The van der Waals surface area contributed by atoms with Gasteiger partial charge >= 0.3 is 5.97 Å². The van der Waals surface area contributed by atoms with Gasteiger partial charge in [-0.1, -0.05) is 0 Å². The summed E-state index contributed by atoms with van der Waals surface area (Å²) in [7, 11) is -3.43. The fraction of sp³-hybridized carbons (Fsp3) is 0.500. The third-order valence-corrected chi connectivity index (χ3v) is 5.02. The molecule has 1 aromatic rings. The van der Waals surface area contributed by atoms with Gasteiger partial charge in [-0.2, -0.15) is 0 Å². The van der Waals surface area contributed by atoms with Crippen LogP contribution in [0.4, 0.5) is 0 Å². The summed E-state index contributed by atoms with van der Waals surface area (Å²) in [5.74, 6) is -1.07. The highest BCUT2D eigenvalue weighted by Gasteiger charge is 2.27. The number of hydrogen-bond acceptors (Lipinski definition) is 5. The van der Waals surface area contributed by atoms with Gasteiger partial charge in [-0.15, -0.1) is 0 Å². The zero-order valence-electron chi connectivity index (χ0n) is 10.8. The van der Waals surface area contributed by atoms with Crippen LogP contribution in [-0.2, 0) is 21.3 Å². The van der Waals surface area contributed by atoms with Crippen molar-refractivity contribution < 1.29 is 23.1 Å². The van der Waals surface area contributed by atoms with Crippen LogP contribution in [0.3, 0.4) is 0 Å². The Labute approximate surface area is 117 Å². The van der Waals surface area contributed by atoms with Crippen molar-refractivity contribution in [3.63, 3.8) is 0 Å². The number of aromatic carboxylic acids is 1. The van der Waals surface area contributed by atoms with Gasteiger partial charge in [-0.3, -0.25) is 4.98 Å². The second-order valence-corrected chi connectivity index (χ2v) is 6.56. The first-order valence-electron chi connectivity index (χ1n) is 6.23. The SMILES string of the molecule is O=C(O)c1ccnc(CNS(=O)(=O)C2CCOCC2)c1. The van der Waals surface area contributed by atoms with Crippen LogP contribution in [0.15, 0.2) is 18.3 Å². The number of carboxylic acid groups (broad SMARTS) is 1. The Kier molecular flexibility index (Phi) is 4.69. The number of aromatic nitrogens is 1. The van der Waals surface area contributed by atoms with Crippen molar-refractivity contribution in [2.24, 2.45) is 0 Å². The third kappa shape index (κ3) is 3.75. The number of hydrogen-bond donors (Lipinski definition) is 2. The lowest BCUT2D eigenvalue weighted by Gasteiger charge is -2.22. The van der Waals surface area contributed by atoms with Crippen molar-refractivity contribution in [3.8, 4) is 0 Å². The van der Waals surface area contributed by atoms with Crippen LogP contribution in [0.2, 0.25) is 0 Å². The molecule has 2 heterocycles. The lowest BCUT2D eigenvalue weighted by molar-refractivity contribution is 0.0696. The largest absolute Gasteiger partial charge is 0.478 e. The van der Waals surface area contributed by atoms with Crippen molar-refractivity contribution in [3.05, 3.63) is 29.6 Å². The lowest BCUT2D eigenvalue weighted by Crippen LogP contribution is -2.37. The highest BCUT2D eigenvalue weighted by molar-refractivity contribution is 7.90. The molecule has 0 bridgehead atoms. The Hall–Kier alpha value is -1.51. The zero-order chi connectivity index (χ0) is 14.6. The first-order chi connectivity index (χ1) is 9.49. The first kappa shape index (κ1) is 14.9. The topological polar surface area (TPSA) is 106 Å². The highest BCUT2D eigenvalue weighted by Crippen LogP contribution is 2.15. The van der Waals surface area contributed by atoms with Gasteiger partial charge < -0.3 is 9.84 Å². The second-order valence-electron chi connectivity index (χ2n) is 4.52. The Balaban J connectivity index is 2.00. The van der Waals surface area contributed by atoms with E-state index in [1.165, 1.54) is 18.3 Å². The van der Waals surface area contributed by atoms with Crippen LogP contribution < -0.4 is 4.72 Å². The molecule has 0 unspecified atom stereocenters. The van der Waals surface area contributed by atoms with Gasteiger partial charge in [0, 0.05) is 19.4 Å². The average molecular weight is 300 g/mol. The quantitative estimate of drug-likeness (QED) is 0.814. The van der Waals surface area contributed by atoms with E-state index in [0.29, 0.717) is 31.7 Å². The van der Waals surface area contributed by atoms with E-state index in [4.69, 9.17) is 9.84 Å². The highest BCUT2D eigenvalue weighted by atomic mass is 32.2. The number of ether oxygens (including phenoxy) is 1. The second kappa shape index (κ2) is 6.29. The number of sulfonamides is 1. The molecule has 0 atom stereocenters. The molecule has 0 amide bonds. The van der Waals surface area contributed by atoms with Crippen LogP contribution in [0.25, 0.3) is 0 Å². The molecule has 8 heteroatoms. The molecule has 20 heavy (non-hydrogen) atoms. The number of carboxylic acids is 1. The van der Waals surface area contributed by atoms with Gasteiger partial charge in [-0.05, 0) is 25.0 Å². The third-order valence-electron chi connectivity index (χ3n) is 3.13. The summed E-state index contributed by atoms with van der Waals surface area (Å²) in [5, 5.41) is 8.40. The Morgan fingerprint density at radius 1 is 1.45 bits per heavy atom. The maximum Gasteiger partial charge on any atom is 0.335 e. The molecule has 0 saturated carbocycles. The van der Waals surface area contributed by atoms with Crippen molar-refractivity contribution in [2.75, 3.05) is 13.2 Å². The first-order valence-corrected chi connectivity index (χ1v) is 7.78. The molecule has 0 spiro atoms. The molecule has 1 aromatic heterocycles. The molecule has 1 aliphatic heterocycles. The summed E-state index contributed by atoms with van der Waals surface area (Å²) in [6.45, 7) is 0.872. The number of nitrogens with one attached hydrogen (secondary N) is 1. The van der Waals surface area contributed by atoms with E-state index < -0.39 is 21.2 Å². The molecule has 0 aliphatic carbocycles. The predicted octanol–water partition coefficient (Wildman–Crippen LogP) is 0.378. The molecule has 7 nitrogen and oxygen atoms in total. The molecule has 110 valence electrons. The monoisotopic (exact) mass is 300 g/mol. The van der Waals surface area contributed by atoms with E-state index in [9.17, 15) is 13.2 Å². The van der Waals surface area contributed by atoms with E-state index in [1.54, 1.807) is 0 Å². The van der Waals surface area contributed by atoms with Crippen LogP contribution in [0.1, 0.15) is 28.9 Å². The van der Waals surface area contributed by atoms with Crippen molar-refractivity contribution in [1.29, 1.82) is 0 Å². The Bertz CT molecular complexity index is 581. The summed E-state index contributed by atoms with van der Waals surface area (Å²) in [6.07, 6.45) is 2.29. The average Bonchev–Trinajstić information content (AvgIpc) is 2.46. The molecule has 0 radical (unpaired) electrons. The molecular weight excluding hydrogens is 284 g/mol. The maximum absolute atomic E-state index is 12.1. The lowest BCUT2D eigenvalue weighted by atomic mass is 10.2. The maximum atomic E-state index is 12.1. The number of pyridine rings is 1. The minimum Gasteiger partial charge on any atom is -0.478 e. The summed E-state index contributed by atoms with van der Waals surface area (Å²) in [5.41, 5.74) is 0.459. The van der Waals surface area contributed by atoms with Crippen LogP contribution in [0.5, 0.6) is 0 Å². The number of carbonyl (C=O) groups is 1. The van der Waals surface area contributed by atoms with Gasteiger partial charge in [0.15, 0.2) is 0 Å². The molecule has 1 aliphatic rings. The van der Waals surface area contributed by atoms with E-state index >= 15 is 0 Å². The fourth-order valence-corrected chi connectivity index (χ4v) is 3.38. The number of rotatable bonds is 5. The number of nitrogens with zero attached hydrogens (tertiary/aromatic N) is 1. The Morgan fingerprint density at radius 3 is 2.80 bits per heavy atom. The minimum atomic E-state index is -3.43. The zero-order valence-corrected chi connectivity index (χ0v) is 11.6. The smallest absolute Gasteiger partial charge is 0.335 e. The molecular formula is C12H16N2O5S. The van der Waals surface area contributed by atoms with E-state index in [0.717, 1.165) is 0 Å². The minimum absolute atomic E-state index is 0.0131. The molecule has 2 N–H and O–H groups in total. The molecule has 2 rings (SSSR count). The molecule has 1 fully saturated rings. The van der Waals surface area contributed by atoms with Crippen LogP contribution >= 0.6 is 0 Å². The normalized spacial score (nSPS) is 17.0. The standard InChI is InChI=1S/C12H16N2O5S/c15-12(16)9-1-4-13-10(7-9)8-14-20(17,18)11-2-5-19-6-3-11/h1,4,7,11,14H,2-3,5-6,8H2,(H,15,16). The summed E-state index contributed by atoms with van der Waals surface area (Å²) >= 11 is 0. The van der Waals surface area contributed by atoms with Crippen molar-refractivity contribution in [1.82, 2.24) is 9.71 Å². The van der Waals surface area contributed by atoms with E-state index in [-0.39, 0.29) is 12.1 Å². The van der Waals surface area contributed by atoms with Crippen molar-refractivity contribution >= 4 is 16.0 Å². The Morgan fingerprint density at radius 2 is 2.15 bits per heavy atom. The van der Waals surface area contributed by atoms with E-state index in [2.05, 4.69) is 9.71 Å². The van der Waals surface area contributed by atoms with Gasteiger partial charge in [0.2, 0.25) is 10.0 Å². The fourth-order valence-electron chi connectivity index (χ4n) is 1.99. The van der Waals surface area contributed by atoms with Crippen molar-refractivity contribution in [2.45, 2.75) is 24.6 Å². The van der Waals surface area contributed by atoms with Gasteiger partial charge in [0.25, 0.3) is 0 Å².